The summed E-state index contributed by atoms with van der Waals surface area (Å²) in [6, 6.07) is 8.15. The van der Waals surface area contributed by atoms with Crippen molar-refractivity contribution in [3.8, 4) is 11.5 Å². The Kier molecular flexibility index (Phi) is 4.93. The van der Waals surface area contributed by atoms with Gasteiger partial charge in [-0.05, 0) is 36.2 Å². The molecule has 11 nitrogen and oxygen atoms in total. The Morgan fingerprint density at radius 3 is 2.61 bits per heavy atom. The Bertz CT molecular complexity index is 1230. The number of imide groups is 2. The third-order valence-electron chi connectivity index (χ3n) is 5.59. The van der Waals surface area contributed by atoms with Gasteiger partial charge in [0.25, 0.3) is 11.8 Å². The molecule has 3 N–H and O–H groups in total. The first-order chi connectivity index (χ1) is 15.9. The van der Waals surface area contributed by atoms with E-state index in [1.807, 2.05) is 0 Å². The summed E-state index contributed by atoms with van der Waals surface area (Å²) in [5.41, 5.74) is 1.45. The number of rotatable bonds is 4. The summed E-state index contributed by atoms with van der Waals surface area (Å²) in [5, 5.41) is 7.53. The lowest BCUT2D eigenvalue weighted by atomic mass is 10.0. The second-order valence-corrected chi connectivity index (χ2v) is 7.70. The van der Waals surface area contributed by atoms with Crippen molar-refractivity contribution < 1.29 is 33.4 Å². The van der Waals surface area contributed by atoms with E-state index >= 15 is 0 Å². The molecule has 3 heterocycles. The van der Waals surface area contributed by atoms with Crippen molar-refractivity contribution in [2.24, 2.45) is 0 Å². The highest BCUT2D eigenvalue weighted by Crippen LogP contribution is 2.34. The SMILES string of the molecule is O=C1CCC(N2C(=O)c3ccc(CNC(=O)Nc4ccc5c(c4)OCO5)cc3C2=O)C(=O)N1. The number of hydrogen-bond acceptors (Lipinski definition) is 7. The highest BCUT2D eigenvalue weighted by atomic mass is 16.7. The molecule has 6 amide bonds. The lowest BCUT2D eigenvalue weighted by Gasteiger charge is -2.27. The van der Waals surface area contributed by atoms with Gasteiger partial charge in [0.15, 0.2) is 11.5 Å². The molecule has 5 rings (SSSR count). The van der Waals surface area contributed by atoms with Crippen molar-refractivity contribution in [3.63, 3.8) is 0 Å². The highest BCUT2D eigenvalue weighted by molar-refractivity contribution is 6.23. The van der Waals surface area contributed by atoms with E-state index in [1.54, 1.807) is 24.3 Å². The summed E-state index contributed by atoms with van der Waals surface area (Å²) >= 11 is 0. The van der Waals surface area contributed by atoms with Crippen LogP contribution >= 0.6 is 0 Å². The molecule has 1 atom stereocenters. The fourth-order valence-electron chi connectivity index (χ4n) is 3.96. The monoisotopic (exact) mass is 450 g/mol. The molecule has 168 valence electrons. The summed E-state index contributed by atoms with van der Waals surface area (Å²) < 4.78 is 10.5. The number of ether oxygens (including phenoxy) is 2. The summed E-state index contributed by atoms with van der Waals surface area (Å²) in [6.07, 6.45) is 0.141. The van der Waals surface area contributed by atoms with Crippen LogP contribution in [0.1, 0.15) is 39.1 Å². The number of hydrogen-bond donors (Lipinski definition) is 3. The number of nitrogens with zero attached hydrogens (tertiary/aromatic N) is 1. The average molecular weight is 450 g/mol. The van der Waals surface area contributed by atoms with Crippen LogP contribution in [0.5, 0.6) is 11.5 Å². The predicted octanol–water partition coefficient (Wildman–Crippen LogP) is 1.14. The van der Waals surface area contributed by atoms with Crippen LogP contribution in [0.3, 0.4) is 0 Å². The first kappa shape index (κ1) is 20.5. The lowest BCUT2D eigenvalue weighted by Crippen LogP contribution is -2.54. The fraction of sp³-hybridized carbons (Fsp3) is 0.227. The zero-order valence-electron chi connectivity index (χ0n) is 17.2. The van der Waals surface area contributed by atoms with Crippen LogP contribution in [0.2, 0.25) is 0 Å². The van der Waals surface area contributed by atoms with E-state index in [4.69, 9.17) is 9.47 Å². The maximum absolute atomic E-state index is 12.9. The minimum atomic E-state index is -1.02. The van der Waals surface area contributed by atoms with Crippen LogP contribution in [0.15, 0.2) is 36.4 Å². The molecular weight excluding hydrogens is 432 g/mol. The van der Waals surface area contributed by atoms with Crippen molar-refractivity contribution in [1.82, 2.24) is 15.5 Å². The van der Waals surface area contributed by atoms with Gasteiger partial charge in [-0.3, -0.25) is 29.4 Å². The van der Waals surface area contributed by atoms with E-state index in [0.29, 0.717) is 22.7 Å². The summed E-state index contributed by atoms with van der Waals surface area (Å²) in [7, 11) is 0. The summed E-state index contributed by atoms with van der Waals surface area (Å²) in [6.45, 7) is 0.231. The van der Waals surface area contributed by atoms with E-state index in [2.05, 4.69) is 16.0 Å². The van der Waals surface area contributed by atoms with Gasteiger partial charge in [-0.2, -0.15) is 0 Å². The molecule has 0 saturated carbocycles. The van der Waals surface area contributed by atoms with E-state index in [1.165, 1.54) is 12.1 Å². The Morgan fingerprint density at radius 2 is 1.79 bits per heavy atom. The number of urea groups is 1. The third-order valence-corrected chi connectivity index (χ3v) is 5.59. The molecule has 3 aliphatic heterocycles. The van der Waals surface area contributed by atoms with Gasteiger partial charge in [-0.15, -0.1) is 0 Å². The molecule has 2 aromatic carbocycles. The number of amides is 6. The van der Waals surface area contributed by atoms with Gasteiger partial charge in [-0.25, -0.2) is 4.79 Å². The quantitative estimate of drug-likeness (QED) is 0.593. The summed E-state index contributed by atoms with van der Waals surface area (Å²) in [5.74, 6) is -1.14. The normalized spacial score (nSPS) is 18.8. The largest absolute Gasteiger partial charge is 0.454 e. The standard InChI is InChI=1S/C22H18N4O7/c27-18-6-4-15(19(28)25-18)26-20(29)13-3-1-11(7-14(13)21(26)30)9-23-22(31)24-12-2-5-16-17(8-12)33-10-32-16/h1-3,5,7-8,15H,4,6,9-10H2,(H2,23,24,31)(H,25,27,28). The molecule has 0 aromatic heterocycles. The van der Waals surface area contributed by atoms with Crippen molar-refractivity contribution >= 4 is 35.3 Å². The molecule has 11 heteroatoms. The maximum Gasteiger partial charge on any atom is 0.319 e. The van der Waals surface area contributed by atoms with Crippen molar-refractivity contribution in [2.45, 2.75) is 25.4 Å². The molecule has 2 aromatic rings. The van der Waals surface area contributed by atoms with E-state index in [9.17, 15) is 24.0 Å². The second-order valence-electron chi connectivity index (χ2n) is 7.70. The van der Waals surface area contributed by atoms with Crippen LogP contribution in [0.25, 0.3) is 0 Å². The van der Waals surface area contributed by atoms with Gasteiger partial charge in [0, 0.05) is 24.7 Å². The van der Waals surface area contributed by atoms with Crippen molar-refractivity contribution in [2.75, 3.05) is 12.1 Å². The Morgan fingerprint density at radius 1 is 1.00 bits per heavy atom. The maximum atomic E-state index is 12.9. The molecule has 0 bridgehead atoms. The second kappa shape index (κ2) is 7.93. The molecule has 0 radical (unpaired) electrons. The molecule has 1 unspecified atom stereocenters. The first-order valence-electron chi connectivity index (χ1n) is 10.2. The predicted molar refractivity (Wildman–Crippen MR) is 112 cm³/mol. The number of anilines is 1. The van der Waals surface area contributed by atoms with Crippen LogP contribution in [0, 0.1) is 0 Å². The molecule has 1 saturated heterocycles. The number of piperidine rings is 1. The van der Waals surface area contributed by atoms with Crippen LogP contribution in [-0.4, -0.2) is 47.4 Å². The van der Waals surface area contributed by atoms with Crippen LogP contribution in [0.4, 0.5) is 10.5 Å². The van der Waals surface area contributed by atoms with Crippen molar-refractivity contribution in [3.05, 3.63) is 53.1 Å². The number of fused-ring (bicyclic) bond motifs is 2. The Hall–Kier alpha value is -4.41. The summed E-state index contributed by atoms with van der Waals surface area (Å²) in [4.78, 5) is 62.3. The minimum absolute atomic E-state index is 0.0530. The Labute approximate surface area is 187 Å². The van der Waals surface area contributed by atoms with Crippen LogP contribution in [-0.2, 0) is 16.1 Å². The number of nitrogens with one attached hydrogen (secondary N) is 3. The smallest absolute Gasteiger partial charge is 0.319 e. The van der Waals surface area contributed by atoms with Crippen LogP contribution < -0.4 is 25.4 Å². The van der Waals surface area contributed by atoms with E-state index in [-0.39, 0.29) is 37.3 Å². The zero-order chi connectivity index (χ0) is 23.1. The average Bonchev–Trinajstić information content (AvgIpc) is 3.35. The van der Waals surface area contributed by atoms with Gasteiger partial charge in [0.1, 0.15) is 6.04 Å². The van der Waals surface area contributed by atoms with E-state index < -0.39 is 35.7 Å². The molecule has 0 spiro atoms. The van der Waals surface area contributed by atoms with Crippen molar-refractivity contribution in [1.29, 1.82) is 0 Å². The minimum Gasteiger partial charge on any atom is -0.454 e. The number of carbonyl (C=O) groups is 5. The third kappa shape index (κ3) is 3.73. The van der Waals surface area contributed by atoms with Gasteiger partial charge in [0.05, 0.1) is 11.1 Å². The molecule has 3 aliphatic rings. The van der Waals surface area contributed by atoms with Gasteiger partial charge >= 0.3 is 6.03 Å². The highest BCUT2D eigenvalue weighted by Gasteiger charge is 2.44. The van der Waals surface area contributed by atoms with Gasteiger partial charge in [0.2, 0.25) is 18.6 Å². The van der Waals surface area contributed by atoms with Gasteiger partial charge in [-0.1, -0.05) is 6.07 Å². The van der Waals surface area contributed by atoms with Gasteiger partial charge < -0.3 is 20.1 Å². The number of benzene rings is 2. The lowest BCUT2D eigenvalue weighted by molar-refractivity contribution is -0.136. The van der Waals surface area contributed by atoms with E-state index in [0.717, 1.165) is 4.90 Å². The topological polar surface area (TPSA) is 143 Å². The molecule has 1 fully saturated rings. The number of carbonyl (C=O) groups excluding carboxylic acids is 5. The molecular formula is C22H18N4O7. The fourth-order valence-corrected chi connectivity index (χ4v) is 3.96. The Balaban J connectivity index is 1.24. The molecule has 0 aliphatic carbocycles. The first-order valence-corrected chi connectivity index (χ1v) is 10.2. The molecule has 33 heavy (non-hydrogen) atoms. The zero-order valence-corrected chi connectivity index (χ0v) is 17.2.